The lowest BCUT2D eigenvalue weighted by atomic mass is 10.1. The van der Waals surface area contributed by atoms with Crippen LogP contribution in [0.15, 0.2) is 42.6 Å². The Morgan fingerprint density at radius 2 is 1.90 bits per heavy atom. The van der Waals surface area contributed by atoms with Crippen LogP contribution in [0.25, 0.3) is 0 Å². The second kappa shape index (κ2) is 6.07. The van der Waals surface area contributed by atoms with Gasteiger partial charge in [-0.05, 0) is 43.7 Å². The van der Waals surface area contributed by atoms with E-state index in [9.17, 15) is 0 Å². The highest BCUT2D eigenvalue weighted by atomic mass is 15.2. The van der Waals surface area contributed by atoms with Crippen LogP contribution >= 0.6 is 0 Å². The number of nitrogen functional groups attached to an aromatic ring is 1. The zero-order valence-electron chi connectivity index (χ0n) is 11.7. The molecule has 0 unspecified atom stereocenters. The van der Waals surface area contributed by atoms with Crippen molar-refractivity contribution in [2.45, 2.75) is 26.4 Å². The van der Waals surface area contributed by atoms with Crippen LogP contribution in [0.3, 0.4) is 0 Å². The van der Waals surface area contributed by atoms with Crippen LogP contribution in [0.4, 0.5) is 11.4 Å². The number of hydrogen-bond acceptors (Lipinski definition) is 4. The van der Waals surface area contributed by atoms with Gasteiger partial charge in [-0.1, -0.05) is 12.1 Å². The lowest BCUT2D eigenvalue weighted by Gasteiger charge is -2.29. The van der Waals surface area contributed by atoms with Crippen LogP contribution in [0, 0.1) is 11.3 Å². The third-order valence-electron chi connectivity index (χ3n) is 3.15. The zero-order chi connectivity index (χ0) is 14.5. The SMILES string of the molecule is CC(C)N(Cc1ccc(N)cc1)c1ccc(C#N)nc1. The Bertz CT molecular complexity index is 594. The lowest BCUT2D eigenvalue weighted by Crippen LogP contribution is -2.30. The predicted molar refractivity (Wildman–Crippen MR) is 81.1 cm³/mol. The van der Waals surface area contributed by atoms with Crippen molar-refractivity contribution in [1.29, 1.82) is 5.26 Å². The molecule has 20 heavy (non-hydrogen) atoms. The second-order valence-corrected chi connectivity index (χ2v) is 4.98. The standard InChI is InChI=1S/C16H18N4/c1-12(2)20(11-13-3-5-14(18)6-4-13)16-8-7-15(9-17)19-10-16/h3-8,10,12H,11,18H2,1-2H3. The van der Waals surface area contributed by atoms with Crippen molar-refractivity contribution < 1.29 is 0 Å². The Labute approximate surface area is 119 Å². The van der Waals surface area contributed by atoms with Gasteiger partial charge in [0.25, 0.3) is 0 Å². The molecule has 0 amide bonds. The van der Waals surface area contributed by atoms with Crippen LogP contribution in [0.5, 0.6) is 0 Å². The third kappa shape index (κ3) is 3.27. The summed E-state index contributed by atoms with van der Waals surface area (Å²) in [6, 6.07) is 13.9. The molecule has 0 saturated heterocycles. The number of nitriles is 1. The third-order valence-corrected chi connectivity index (χ3v) is 3.15. The van der Waals surface area contributed by atoms with Gasteiger partial charge in [0.1, 0.15) is 11.8 Å². The first kappa shape index (κ1) is 13.9. The summed E-state index contributed by atoms with van der Waals surface area (Å²) in [4.78, 5) is 6.37. The van der Waals surface area contributed by atoms with Gasteiger partial charge in [0.05, 0.1) is 11.9 Å². The minimum Gasteiger partial charge on any atom is -0.399 e. The molecular formula is C16H18N4. The number of benzene rings is 1. The van der Waals surface area contributed by atoms with Crippen LogP contribution in [0.1, 0.15) is 25.1 Å². The normalized spacial score (nSPS) is 10.3. The van der Waals surface area contributed by atoms with Crippen LogP contribution in [-0.2, 0) is 6.54 Å². The quantitative estimate of drug-likeness (QED) is 0.864. The fourth-order valence-electron chi connectivity index (χ4n) is 2.01. The van der Waals surface area contributed by atoms with Crippen LogP contribution in [0.2, 0.25) is 0 Å². The molecule has 4 nitrogen and oxygen atoms in total. The minimum atomic E-state index is 0.335. The minimum absolute atomic E-state index is 0.335. The van der Waals surface area contributed by atoms with Gasteiger partial charge in [-0.3, -0.25) is 0 Å². The van der Waals surface area contributed by atoms with Gasteiger partial charge in [0.2, 0.25) is 0 Å². The molecule has 1 heterocycles. The van der Waals surface area contributed by atoms with E-state index in [0.29, 0.717) is 11.7 Å². The molecule has 2 N–H and O–H groups in total. The molecule has 0 bridgehead atoms. The molecule has 1 aromatic heterocycles. The summed E-state index contributed by atoms with van der Waals surface area (Å²) < 4.78 is 0. The van der Waals surface area contributed by atoms with Gasteiger partial charge in [0, 0.05) is 18.3 Å². The molecule has 2 aromatic rings. The summed E-state index contributed by atoms with van der Waals surface area (Å²) in [5.74, 6) is 0. The van der Waals surface area contributed by atoms with E-state index in [-0.39, 0.29) is 0 Å². The number of rotatable bonds is 4. The van der Waals surface area contributed by atoms with Crippen LogP contribution < -0.4 is 10.6 Å². The number of aromatic nitrogens is 1. The topological polar surface area (TPSA) is 65.9 Å². The Morgan fingerprint density at radius 1 is 1.20 bits per heavy atom. The largest absolute Gasteiger partial charge is 0.399 e. The number of anilines is 2. The molecular weight excluding hydrogens is 248 g/mol. The fraction of sp³-hybridized carbons (Fsp3) is 0.250. The van der Waals surface area contributed by atoms with Gasteiger partial charge in [-0.25, -0.2) is 4.98 Å². The van der Waals surface area contributed by atoms with Gasteiger partial charge >= 0.3 is 0 Å². The predicted octanol–water partition coefficient (Wildman–Crippen LogP) is 2.95. The van der Waals surface area contributed by atoms with Gasteiger partial charge in [0.15, 0.2) is 0 Å². The molecule has 0 aliphatic rings. The van der Waals surface area contributed by atoms with Crippen LogP contribution in [-0.4, -0.2) is 11.0 Å². The Hall–Kier alpha value is -2.54. The van der Waals surface area contributed by atoms with Crippen molar-refractivity contribution in [1.82, 2.24) is 4.98 Å². The van der Waals surface area contributed by atoms with E-state index in [2.05, 4.69) is 23.7 Å². The molecule has 4 heteroatoms. The maximum Gasteiger partial charge on any atom is 0.140 e. The number of hydrogen-bond donors (Lipinski definition) is 1. The Kier molecular flexibility index (Phi) is 4.21. The highest BCUT2D eigenvalue weighted by Crippen LogP contribution is 2.20. The average molecular weight is 266 g/mol. The van der Waals surface area contributed by atoms with Crippen molar-refractivity contribution in [2.75, 3.05) is 10.6 Å². The molecule has 0 atom stereocenters. The van der Waals surface area contributed by atoms with E-state index >= 15 is 0 Å². The molecule has 102 valence electrons. The second-order valence-electron chi connectivity index (χ2n) is 4.98. The summed E-state index contributed by atoms with van der Waals surface area (Å²) in [6.45, 7) is 5.05. The highest BCUT2D eigenvalue weighted by molar-refractivity contribution is 5.48. The molecule has 0 fully saturated rings. The summed E-state index contributed by atoms with van der Waals surface area (Å²) in [7, 11) is 0. The fourth-order valence-corrected chi connectivity index (χ4v) is 2.01. The highest BCUT2D eigenvalue weighted by Gasteiger charge is 2.11. The molecule has 2 rings (SSSR count). The van der Waals surface area contributed by atoms with Crippen molar-refractivity contribution in [3.63, 3.8) is 0 Å². The summed E-state index contributed by atoms with van der Waals surface area (Å²) in [5.41, 5.74) is 9.11. The first-order chi connectivity index (χ1) is 9.60. The Balaban J connectivity index is 2.22. The molecule has 0 aliphatic carbocycles. The summed E-state index contributed by atoms with van der Waals surface area (Å²) >= 11 is 0. The summed E-state index contributed by atoms with van der Waals surface area (Å²) in [5, 5.41) is 8.80. The van der Waals surface area contributed by atoms with Crippen molar-refractivity contribution in [3.05, 3.63) is 53.9 Å². The van der Waals surface area contributed by atoms with E-state index in [1.807, 2.05) is 36.4 Å². The van der Waals surface area contributed by atoms with E-state index in [4.69, 9.17) is 11.0 Å². The van der Waals surface area contributed by atoms with Crippen molar-refractivity contribution >= 4 is 11.4 Å². The number of pyridine rings is 1. The molecule has 1 aromatic carbocycles. The molecule has 0 aliphatic heterocycles. The zero-order valence-corrected chi connectivity index (χ0v) is 11.7. The van der Waals surface area contributed by atoms with Gasteiger partial charge in [-0.2, -0.15) is 5.26 Å². The first-order valence-corrected chi connectivity index (χ1v) is 6.57. The number of nitrogens with two attached hydrogens (primary N) is 1. The van der Waals surface area contributed by atoms with Gasteiger partial charge < -0.3 is 10.6 Å². The monoisotopic (exact) mass is 266 g/mol. The van der Waals surface area contributed by atoms with E-state index in [1.54, 1.807) is 12.3 Å². The maximum atomic E-state index is 8.80. The smallest absolute Gasteiger partial charge is 0.140 e. The average Bonchev–Trinajstić information content (AvgIpc) is 2.46. The van der Waals surface area contributed by atoms with Gasteiger partial charge in [-0.15, -0.1) is 0 Å². The molecule has 0 radical (unpaired) electrons. The molecule has 0 spiro atoms. The Morgan fingerprint density at radius 3 is 2.40 bits per heavy atom. The van der Waals surface area contributed by atoms with E-state index in [1.165, 1.54) is 5.56 Å². The number of nitrogens with zero attached hydrogens (tertiary/aromatic N) is 3. The summed E-state index contributed by atoms with van der Waals surface area (Å²) in [6.07, 6.45) is 1.75. The first-order valence-electron chi connectivity index (χ1n) is 6.57. The van der Waals surface area contributed by atoms with Crippen molar-refractivity contribution in [2.24, 2.45) is 0 Å². The van der Waals surface area contributed by atoms with Crippen molar-refractivity contribution in [3.8, 4) is 6.07 Å². The maximum absolute atomic E-state index is 8.80. The van der Waals surface area contributed by atoms with E-state index < -0.39 is 0 Å². The lowest BCUT2D eigenvalue weighted by molar-refractivity contribution is 0.681. The van der Waals surface area contributed by atoms with E-state index in [0.717, 1.165) is 17.9 Å². The molecule has 0 saturated carbocycles.